The van der Waals surface area contributed by atoms with Crippen molar-refractivity contribution in [3.8, 4) is 0 Å². The Morgan fingerprint density at radius 2 is 1.89 bits per heavy atom. The van der Waals surface area contributed by atoms with Crippen molar-refractivity contribution in [2.45, 2.75) is 45.6 Å². The van der Waals surface area contributed by atoms with Gasteiger partial charge in [-0.2, -0.15) is 0 Å². The van der Waals surface area contributed by atoms with Crippen LogP contribution in [0, 0.1) is 22.9 Å². The largest absolute Gasteiger partial charge is 0.379 e. The molecule has 1 aliphatic carbocycles. The third-order valence-corrected chi connectivity index (χ3v) is 3.83. The second kappa shape index (κ2) is 4.82. The first-order chi connectivity index (χ1) is 8.40. The predicted molar refractivity (Wildman–Crippen MR) is 66.0 cm³/mol. The first-order valence-electron chi connectivity index (χ1n) is 6.31. The Labute approximate surface area is 105 Å². The SMILES string of the molecule is CC1(C)CCCCC1Nc1cc(F)cc(F)c1F. The maximum atomic E-state index is 13.6. The van der Waals surface area contributed by atoms with E-state index in [1.807, 2.05) is 0 Å². The molecule has 100 valence electrons. The van der Waals surface area contributed by atoms with Crippen LogP contribution in [0.2, 0.25) is 0 Å². The summed E-state index contributed by atoms with van der Waals surface area (Å²) in [4.78, 5) is 0. The van der Waals surface area contributed by atoms with Crippen molar-refractivity contribution in [2.75, 3.05) is 5.32 Å². The molecule has 1 saturated carbocycles. The van der Waals surface area contributed by atoms with Crippen LogP contribution >= 0.6 is 0 Å². The zero-order chi connectivity index (χ0) is 13.3. The first-order valence-corrected chi connectivity index (χ1v) is 6.31. The van der Waals surface area contributed by atoms with Gasteiger partial charge in [-0.25, -0.2) is 13.2 Å². The standard InChI is InChI=1S/C14H18F3N/c1-14(2)6-4-3-5-12(14)18-11-8-9(15)7-10(16)13(11)17/h7-8,12,18H,3-6H2,1-2H3. The van der Waals surface area contributed by atoms with Crippen LogP contribution in [0.3, 0.4) is 0 Å². The van der Waals surface area contributed by atoms with Gasteiger partial charge in [0.1, 0.15) is 5.82 Å². The Bertz CT molecular complexity index is 443. The van der Waals surface area contributed by atoms with E-state index in [1.54, 1.807) is 0 Å². The summed E-state index contributed by atoms with van der Waals surface area (Å²) in [7, 11) is 0. The predicted octanol–water partition coefficient (Wildman–Crippen LogP) is 4.48. The molecule has 1 N–H and O–H groups in total. The molecule has 18 heavy (non-hydrogen) atoms. The molecule has 2 rings (SSSR count). The van der Waals surface area contributed by atoms with E-state index in [1.165, 1.54) is 0 Å². The summed E-state index contributed by atoms with van der Waals surface area (Å²) < 4.78 is 39.8. The lowest BCUT2D eigenvalue weighted by atomic mass is 9.73. The molecule has 0 bridgehead atoms. The fraction of sp³-hybridized carbons (Fsp3) is 0.571. The van der Waals surface area contributed by atoms with Crippen LogP contribution < -0.4 is 5.32 Å². The van der Waals surface area contributed by atoms with Gasteiger partial charge in [0.15, 0.2) is 11.6 Å². The zero-order valence-electron chi connectivity index (χ0n) is 10.7. The molecule has 1 aromatic rings. The number of hydrogen-bond acceptors (Lipinski definition) is 1. The molecule has 1 aromatic carbocycles. The lowest BCUT2D eigenvalue weighted by Gasteiger charge is -2.39. The van der Waals surface area contributed by atoms with E-state index in [0.717, 1.165) is 31.7 Å². The van der Waals surface area contributed by atoms with Crippen LogP contribution in [0.25, 0.3) is 0 Å². The summed E-state index contributed by atoms with van der Waals surface area (Å²) in [6.07, 6.45) is 4.13. The van der Waals surface area contributed by atoms with E-state index in [-0.39, 0.29) is 17.1 Å². The molecule has 0 spiro atoms. The molecule has 1 atom stereocenters. The third kappa shape index (κ3) is 2.62. The van der Waals surface area contributed by atoms with Gasteiger partial charge >= 0.3 is 0 Å². The van der Waals surface area contributed by atoms with Gasteiger partial charge in [-0.3, -0.25) is 0 Å². The molecule has 1 fully saturated rings. The van der Waals surface area contributed by atoms with E-state index < -0.39 is 17.5 Å². The third-order valence-electron chi connectivity index (χ3n) is 3.83. The Kier molecular flexibility index (Phi) is 3.55. The van der Waals surface area contributed by atoms with E-state index in [9.17, 15) is 13.2 Å². The molecule has 0 radical (unpaired) electrons. The Morgan fingerprint density at radius 3 is 2.56 bits per heavy atom. The summed E-state index contributed by atoms with van der Waals surface area (Å²) in [5, 5.41) is 2.97. The molecule has 0 heterocycles. The van der Waals surface area contributed by atoms with Gasteiger partial charge in [0, 0.05) is 18.2 Å². The highest BCUT2D eigenvalue weighted by Crippen LogP contribution is 2.37. The van der Waals surface area contributed by atoms with Crippen LogP contribution in [-0.2, 0) is 0 Å². The lowest BCUT2D eigenvalue weighted by molar-refractivity contribution is 0.216. The second-order valence-corrected chi connectivity index (χ2v) is 5.68. The zero-order valence-corrected chi connectivity index (χ0v) is 10.7. The van der Waals surface area contributed by atoms with Crippen LogP contribution in [0.5, 0.6) is 0 Å². The minimum atomic E-state index is -1.15. The fourth-order valence-electron chi connectivity index (χ4n) is 2.61. The monoisotopic (exact) mass is 257 g/mol. The van der Waals surface area contributed by atoms with Crippen molar-refractivity contribution in [3.05, 3.63) is 29.6 Å². The van der Waals surface area contributed by atoms with Gasteiger partial charge in [0.25, 0.3) is 0 Å². The van der Waals surface area contributed by atoms with Gasteiger partial charge < -0.3 is 5.32 Å². The molecule has 1 nitrogen and oxygen atoms in total. The number of anilines is 1. The molecular formula is C14H18F3N. The van der Waals surface area contributed by atoms with Gasteiger partial charge in [-0.1, -0.05) is 26.7 Å². The van der Waals surface area contributed by atoms with E-state index in [0.29, 0.717) is 6.07 Å². The number of rotatable bonds is 2. The maximum absolute atomic E-state index is 13.6. The highest BCUT2D eigenvalue weighted by Gasteiger charge is 2.32. The topological polar surface area (TPSA) is 12.0 Å². The normalized spacial score (nSPS) is 22.8. The van der Waals surface area contributed by atoms with E-state index >= 15 is 0 Å². The van der Waals surface area contributed by atoms with E-state index in [2.05, 4.69) is 19.2 Å². The Hall–Kier alpha value is -1.19. The minimum Gasteiger partial charge on any atom is -0.379 e. The molecule has 0 aromatic heterocycles. The molecule has 1 unspecified atom stereocenters. The number of nitrogens with one attached hydrogen (secondary N) is 1. The van der Waals surface area contributed by atoms with Gasteiger partial charge in [0.05, 0.1) is 5.69 Å². The quantitative estimate of drug-likeness (QED) is 0.770. The van der Waals surface area contributed by atoms with E-state index in [4.69, 9.17) is 0 Å². The van der Waals surface area contributed by atoms with Crippen molar-refractivity contribution < 1.29 is 13.2 Å². The van der Waals surface area contributed by atoms with Crippen molar-refractivity contribution in [3.63, 3.8) is 0 Å². The Morgan fingerprint density at radius 1 is 1.17 bits per heavy atom. The molecule has 0 amide bonds. The summed E-state index contributed by atoms with van der Waals surface area (Å²) in [5.74, 6) is -2.91. The summed E-state index contributed by atoms with van der Waals surface area (Å²) in [5.41, 5.74) is -0.0690. The number of benzene rings is 1. The molecule has 0 aliphatic heterocycles. The van der Waals surface area contributed by atoms with Crippen LogP contribution in [-0.4, -0.2) is 6.04 Å². The first kappa shape index (κ1) is 13.2. The van der Waals surface area contributed by atoms with Crippen LogP contribution in [0.15, 0.2) is 12.1 Å². The average Bonchev–Trinajstić information content (AvgIpc) is 2.27. The van der Waals surface area contributed by atoms with Crippen molar-refractivity contribution >= 4 is 5.69 Å². The minimum absolute atomic E-state index is 0.00742. The maximum Gasteiger partial charge on any atom is 0.182 e. The van der Waals surface area contributed by atoms with Gasteiger partial charge in [0.2, 0.25) is 0 Å². The summed E-state index contributed by atoms with van der Waals surface area (Å²) >= 11 is 0. The van der Waals surface area contributed by atoms with Gasteiger partial charge in [-0.15, -0.1) is 0 Å². The molecule has 1 aliphatic rings. The van der Waals surface area contributed by atoms with Crippen molar-refractivity contribution in [1.82, 2.24) is 0 Å². The molecular weight excluding hydrogens is 239 g/mol. The molecule has 0 saturated heterocycles. The lowest BCUT2D eigenvalue weighted by Crippen LogP contribution is -2.39. The van der Waals surface area contributed by atoms with Crippen LogP contribution in [0.4, 0.5) is 18.9 Å². The van der Waals surface area contributed by atoms with Crippen LogP contribution in [0.1, 0.15) is 39.5 Å². The Balaban J connectivity index is 2.23. The number of halogens is 3. The van der Waals surface area contributed by atoms with Crippen molar-refractivity contribution in [2.24, 2.45) is 5.41 Å². The van der Waals surface area contributed by atoms with Crippen molar-refractivity contribution in [1.29, 1.82) is 0 Å². The summed E-state index contributed by atoms with van der Waals surface area (Å²) in [6.45, 7) is 4.19. The molecule has 4 heteroatoms. The fourth-order valence-corrected chi connectivity index (χ4v) is 2.61. The smallest absolute Gasteiger partial charge is 0.182 e. The van der Waals surface area contributed by atoms with Gasteiger partial charge in [-0.05, 0) is 18.3 Å². The summed E-state index contributed by atoms with van der Waals surface area (Å²) in [6, 6.07) is 1.62. The highest BCUT2D eigenvalue weighted by atomic mass is 19.2. The second-order valence-electron chi connectivity index (χ2n) is 5.68. The highest BCUT2D eigenvalue weighted by molar-refractivity contribution is 5.46. The number of hydrogen-bond donors (Lipinski definition) is 1. The average molecular weight is 257 g/mol.